The molecule has 0 aromatic heterocycles. The normalized spacial score (nSPS) is 27.0. The Labute approximate surface area is 148 Å². The standard InChI is InChI=1S/C21H22NO2P/c1-16-21(19-9-4-3-5-10-19)24-25(23,22(16)2)15-17-12-13-18-8-6-7-11-20(18)14-17/h3-14,16,21H,15H2,1-2H3/t16-,21-,25+/m0/s1. The van der Waals surface area contributed by atoms with Gasteiger partial charge in [0.25, 0.3) is 7.52 Å². The molecule has 3 atom stereocenters. The average Bonchev–Trinajstić information content (AvgIpc) is 2.87. The van der Waals surface area contributed by atoms with Gasteiger partial charge in [-0.15, -0.1) is 0 Å². The van der Waals surface area contributed by atoms with Crippen LogP contribution >= 0.6 is 7.52 Å². The van der Waals surface area contributed by atoms with Crippen LogP contribution in [0, 0.1) is 0 Å². The molecule has 0 spiro atoms. The molecule has 3 nitrogen and oxygen atoms in total. The lowest BCUT2D eigenvalue weighted by molar-refractivity contribution is 0.210. The minimum Gasteiger partial charge on any atom is -0.307 e. The number of benzene rings is 3. The van der Waals surface area contributed by atoms with Crippen molar-refractivity contribution in [1.29, 1.82) is 0 Å². The Morgan fingerprint density at radius 3 is 2.40 bits per heavy atom. The molecule has 0 bridgehead atoms. The van der Waals surface area contributed by atoms with Gasteiger partial charge in [-0.1, -0.05) is 72.8 Å². The molecule has 4 heteroatoms. The van der Waals surface area contributed by atoms with E-state index >= 15 is 0 Å². The molecule has 4 rings (SSSR count). The van der Waals surface area contributed by atoms with Gasteiger partial charge in [-0.05, 0) is 35.9 Å². The molecule has 128 valence electrons. The topological polar surface area (TPSA) is 29.5 Å². The molecule has 3 aromatic rings. The summed E-state index contributed by atoms with van der Waals surface area (Å²) in [7, 11) is -0.993. The van der Waals surface area contributed by atoms with E-state index in [0.717, 1.165) is 11.1 Å². The van der Waals surface area contributed by atoms with Crippen molar-refractivity contribution in [3.63, 3.8) is 0 Å². The van der Waals surface area contributed by atoms with Crippen LogP contribution in [-0.4, -0.2) is 17.8 Å². The molecule has 1 heterocycles. The van der Waals surface area contributed by atoms with Crippen LogP contribution in [0.25, 0.3) is 10.8 Å². The monoisotopic (exact) mass is 351 g/mol. The smallest absolute Gasteiger partial charge is 0.277 e. The third-order valence-electron chi connectivity index (χ3n) is 5.11. The van der Waals surface area contributed by atoms with Gasteiger partial charge in [0.05, 0.1) is 6.16 Å². The predicted octanol–water partition coefficient (Wildman–Crippen LogP) is 5.62. The molecule has 0 N–H and O–H groups in total. The van der Waals surface area contributed by atoms with E-state index in [9.17, 15) is 4.57 Å². The average molecular weight is 351 g/mol. The quantitative estimate of drug-likeness (QED) is 0.573. The Morgan fingerprint density at radius 1 is 0.960 bits per heavy atom. The predicted molar refractivity (Wildman–Crippen MR) is 103 cm³/mol. The summed E-state index contributed by atoms with van der Waals surface area (Å²) in [5, 5.41) is 2.36. The summed E-state index contributed by atoms with van der Waals surface area (Å²) in [5.74, 6) is 0. The zero-order valence-corrected chi connectivity index (χ0v) is 15.4. The Morgan fingerprint density at radius 2 is 1.64 bits per heavy atom. The molecule has 1 aliphatic heterocycles. The number of likely N-dealkylation sites (N-methyl/N-ethyl adjacent to an activating group) is 1. The van der Waals surface area contributed by atoms with Crippen LogP contribution in [-0.2, 0) is 15.3 Å². The van der Waals surface area contributed by atoms with Gasteiger partial charge in [-0.25, -0.2) is 4.67 Å². The largest absolute Gasteiger partial charge is 0.307 e. The molecule has 0 unspecified atom stereocenters. The van der Waals surface area contributed by atoms with Crippen molar-refractivity contribution in [2.75, 3.05) is 7.05 Å². The zero-order valence-electron chi connectivity index (χ0n) is 14.5. The summed E-state index contributed by atoms with van der Waals surface area (Å²) in [5.41, 5.74) is 2.13. The van der Waals surface area contributed by atoms with E-state index in [1.807, 2.05) is 54.2 Å². The highest BCUT2D eigenvalue weighted by Crippen LogP contribution is 2.63. The second-order valence-electron chi connectivity index (χ2n) is 6.73. The van der Waals surface area contributed by atoms with Gasteiger partial charge in [0.1, 0.15) is 6.10 Å². The number of hydrogen-bond acceptors (Lipinski definition) is 2. The molecule has 1 aliphatic rings. The molecule has 1 saturated heterocycles. The Bertz CT molecular complexity index is 941. The van der Waals surface area contributed by atoms with Crippen LogP contribution in [0.5, 0.6) is 0 Å². The SMILES string of the molecule is C[C@H]1[C@@H](c2ccccc2)O[P@](=O)(Cc2ccc3ccccc3c2)N1C. The molecule has 3 aromatic carbocycles. The van der Waals surface area contributed by atoms with Gasteiger partial charge in [0.15, 0.2) is 0 Å². The molecule has 0 radical (unpaired) electrons. The maximum absolute atomic E-state index is 13.5. The van der Waals surface area contributed by atoms with Crippen molar-refractivity contribution in [1.82, 2.24) is 4.67 Å². The van der Waals surface area contributed by atoms with E-state index in [4.69, 9.17) is 4.52 Å². The molecular formula is C21H22NO2P. The Balaban J connectivity index is 1.63. The fourth-order valence-electron chi connectivity index (χ4n) is 3.51. The van der Waals surface area contributed by atoms with Gasteiger partial charge in [0.2, 0.25) is 0 Å². The highest BCUT2D eigenvalue weighted by molar-refractivity contribution is 7.55. The number of rotatable bonds is 3. The van der Waals surface area contributed by atoms with Gasteiger partial charge < -0.3 is 4.52 Å². The van der Waals surface area contributed by atoms with Crippen LogP contribution in [0.4, 0.5) is 0 Å². The molecule has 0 aliphatic carbocycles. The lowest BCUT2D eigenvalue weighted by atomic mass is 10.0. The third-order valence-corrected chi connectivity index (χ3v) is 7.76. The van der Waals surface area contributed by atoms with Crippen LogP contribution in [0.3, 0.4) is 0 Å². The second-order valence-corrected chi connectivity index (χ2v) is 9.16. The first-order chi connectivity index (χ1) is 12.1. The van der Waals surface area contributed by atoms with Gasteiger partial charge >= 0.3 is 0 Å². The first kappa shape index (κ1) is 16.5. The molecule has 0 saturated carbocycles. The summed E-state index contributed by atoms with van der Waals surface area (Å²) < 4.78 is 21.6. The van der Waals surface area contributed by atoms with E-state index in [1.54, 1.807) is 0 Å². The lowest BCUT2D eigenvalue weighted by Gasteiger charge is -2.21. The summed E-state index contributed by atoms with van der Waals surface area (Å²) in [6.07, 6.45) is 0.277. The molecule has 25 heavy (non-hydrogen) atoms. The van der Waals surface area contributed by atoms with Crippen molar-refractivity contribution in [3.05, 3.63) is 83.9 Å². The minimum absolute atomic E-state index is 0.0775. The van der Waals surface area contributed by atoms with Crippen LogP contribution in [0.2, 0.25) is 0 Å². The highest BCUT2D eigenvalue weighted by atomic mass is 31.2. The fraction of sp³-hybridized carbons (Fsp3) is 0.238. The van der Waals surface area contributed by atoms with Gasteiger partial charge in [0, 0.05) is 6.04 Å². The summed E-state index contributed by atoms with van der Waals surface area (Å²) in [6.45, 7) is 2.08. The van der Waals surface area contributed by atoms with Crippen LogP contribution < -0.4 is 0 Å². The van der Waals surface area contributed by atoms with Gasteiger partial charge in [-0.3, -0.25) is 4.57 Å². The van der Waals surface area contributed by atoms with E-state index in [1.165, 1.54) is 10.8 Å². The second kappa shape index (κ2) is 6.42. The zero-order chi connectivity index (χ0) is 17.4. The van der Waals surface area contributed by atoms with E-state index in [-0.39, 0.29) is 12.1 Å². The lowest BCUT2D eigenvalue weighted by Crippen LogP contribution is -2.23. The molecular weight excluding hydrogens is 329 g/mol. The van der Waals surface area contributed by atoms with Crippen LogP contribution in [0.1, 0.15) is 24.2 Å². The fourth-order valence-corrected chi connectivity index (χ4v) is 5.95. The maximum atomic E-state index is 13.5. The number of hydrogen-bond donors (Lipinski definition) is 0. The molecule has 1 fully saturated rings. The molecule has 0 amide bonds. The third kappa shape index (κ3) is 3.04. The van der Waals surface area contributed by atoms with Gasteiger partial charge in [-0.2, -0.15) is 0 Å². The Hall–Kier alpha value is -1.93. The summed E-state index contributed by atoms with van der Waals surface area (Å²) >= 11 is 0. The van der Waals surface area contributed by atoms with Crippen LogP contribution in [0.15, 0.2) is 72.8 Å². The van der Waals surface area contributed by atoms with E-state index in [0.29, 0.717) is 6.16 Å². The number of fused-ring (bicyclic) bond motifs is 1. The maximum Gasteiger partial charge on any atom is 0.277 e. The van der Waals surface area contributed by atoms with Crippen molar-refractivity contribution in [2.24, 2.45) is 0 Å². The van der Waals surface area contributed by atoms with E-state index < -0.39 is 7.52 Å². The highest BCUT2D eigenvalue weighted by Gasteiger charge is 2.46. The first-order valence-electron chi connectivity index (χ1n) is 8.60. The number of nitrogens with zero attached hydrogens (tertiary/aromatic N) is 1. The first-order valence-corrected chi connectivity index (χ1v) is 10.4. The minimum atomic E-state index is -2.91. The summed E-state index contributed by atoms with van der Waals surface area (Å²) in [6, 6.07) is 24.6. The van der Waals surface area contributed by atoms with Crippen molar-refractivity contribution in [2.45, 2.75) is 25.2 Å². The summed E-state index contributed by atoms with van der Waals surface area (Å²) in [4.78, 5) is 0. The van der Waals surface area contributed by atoms with Crippen molar-refractivity contribution >= 4 is 18.3 Å². The van der Waals surface area contributed by atoms with Crippen molar-refractivity contribution < 1.29 is 9.09 Å². The Kier molecular flexibility index (Phi) is 4.24. The van der Waals surface area contributed by atoms with Crippen molar-refractivity contribution in [3.8, 4) is 0 Å². The van der Waals surface area contributed by atoms with E-state index in [2.05, 4.69) is 37.3 Å².